The molecule has 0 aromatic rings. The lowest BCUT2D eigenvalue weighted by atomic mass is 10.1. The number of phosphoric ester groups is 2. The van der Waals surface area contributed by atoms with Gasteiger partial charge >= 0.3 is 39.5 Å². The van der Waals surface area contributed by atoms with E-state index >= 15 is 0 Å². The second-order valence-corrected chi connectivity index (χ2v) is 30.2. The zero-order valence-electron chi connectivity index (χ0n) is 66.6. The molecule has 5 atom stereocenters. The van der Waals surface area contributed by atoms with Crippen LogP contribution in [0, 0.1) is 0 Å². The van der Waals surface area contributed by atoms with E-state index in [0.717, 1.165) is 193 Å². The first-order valence-corrected chi connectivity index (χ1v) is 44.4. The van der Waals surface area contributed by atoms with Crippen molar-refractivity contribution in [1.29, 1.82) is 0 Å². The first-order chi connectivity index (χ1) is 51.7. The molecule has 17 nitrogen and oxygen atoms in total. The van der Waals surface area contributed by atoms with Gasteiger partial charge in [0.05, 0.1) is 26.4 Å². The number of ether oxygens (including phenoxy) is 4. The highest BCUT2D eigenvalue weighted by molar-refractivity contribution is 7.47. The quantitative estimate of drug-likeness (QED) is 0.0169. The molecule has 0 radical (unpaired) electrons. The Labute approximate surface area is 644 Å². The molecule has 0 rings (SSSR count). The lowest BCUT2D eigenvalue weighted by molar-refractivity contribution is -0.161. The molecule has 0 amide bonds. The molecule has 0 aromatic carbocycles. The third kappa shape index (κ3) is 77.4. The monoisotopic (exact) mass is 1530 g/mol. The van der Waals surface area contributed by atoms with Crippen LogP contribution in [0.3, 0.4) is 0 Å². The average molecular weight is 1530 g/mol. The summed E-state index contributed by atoms with van der Waals surface area (Å²) in [6.45, 7) is 4.56. The van der Waals surface area contributed by atoms with E-state index < -0.39 is 97.5 Å². The van der Waals surface area contributed by atoms with Crippen LogP contribution in [0.4, 0.5) is 0 Å². The van der Waals surface area contributed by atoms with Gasteiger partial charge in [0.25, 0.3) is 0 Å². The van der Waals surface area contributed by atoms with Gasteiger partial charge in [0.2, 0.25) is 0 Å². The molecule has 0 saturated heterocycles. The maximum Gasteiger partial charge on any atom is 0.472 e. The molecule has 3 N–H and O–H groups in total. The standard InChI is InChI=1S/C87H148O17P2/c1-5-9-13-17-21-25-29-33-37-39-40-42-46-48-52-56-60-64-68-72-85(90)98-78-83(104-87(92)74-70-66-62-58-54-50-44-36-32-28-24-20-16-12-8-4)80-102-106(95,96)100-76-81(88)75-99-105(93,94)101-79-82(103-86(91)73-69-65-61-57-53-49-43-35-31-27-23-19-15-11-7-3)77-97-84(89)71-67-63-59-55-51-47-45-41-38-34-30-26-22-18-14-10-6-2/h10,12,14,16,21-22,24-26,28,33-38,40,42-44,54,58,81-83,88H,5-9,11,13,15,17-20,23,27,29-32,39,41,45-53,55-57,59-80H2,1-4H3,(H,93,94)(H,95,96)/b14-10-,16-12-,25-21-,26-22-,28-24-,37-33-,38-34-,42-40-,43-35-,44-36-,58-54-. The fourth-order valence-corrected chi connectivity index (χ4v) is 12.4. The van der Waals surface area contributed by atoms with Crippen LogP contribution in [-0.2, 0) is 65.4 Å². The van der Waals surface area contributed by atoms with Crippen LogP contribution < -0.4 is 0 Å². The highest BCUT2D eigenvalue weighted by Gasteiger charge is 2.30. The fraction of sp³-hybridized carbons (Fsp3) is 0.701. The summed E-state index contributed by atoms with van der Waals surface area (Å²) in [5.74, 6) is -2.25. The molecule has 5 unspecified atom stereocenters. The van der Waals surface area contributed by atoms with Crippen LogP contribution in [-0.4, -0.2) is 96.7 Å². The number of aliphatic hydroxyl groups is 1. The minimum Gasteiger partial charge on any atom is -0.462 e. The Hall–Kier alpha value is -4.80. The molecule has 608 valence electrons. The minimum absolute atomic E-state index is 0.0367. The molecule has 0 aliphatic rings. The summed E-state index contributed by atoms with van der Waals surface area (Å²) in [5.41, 5.74) is 0. The van der Waals surface area contributed by atoms with Crippen molar-refractivity contribution in [2.24, 2.45) is 0 Å². The number of rotatable bonds is 77. The van der Waals surface area contributed by atoms with E-state index in [1.807, 2.05) is 0 Å². The molecule has 106 heavy (non-hydrogen) atoms. The summed E-state index contributed by atoms with van der Waals surface area (Å²) in [7, 11) is -9.99. The molecular formula is C87H148O17P2. The molecule has 0 spiro atoms. The second-order valence-electron chi connectivity index (χ2n) is 27.3. The van der Waals surface area contributed by atoms with E-state index in [9.17, 15) is 43.2 Å². The van der Waals surface area contributed by atoms with Gasteiger partial charge in [-0.3, -0.25) is 37.3 Å². The lowest BCUT2D eigenvalue weighted by Gasteiger charge is -2.21. The van der Waals surface area contributed by atoms with E-state index in [0.29, 0.717) is 32.1 Å². The topological polar surface area (TPSA) is 237 Å². The Morgan fingerprint density at radius 1 is 0.274 bits per heavy atom. The van der Waals surface area contributed by atoms with E-state index in [4.69, 9.17) is 37.0 Å². The molecule has 0 heterocycles. The smallest absolute Gasteiger partial charge is 0.462 e. The van der Waals surface area contributed by atoms with Crippen molar-refractivity contribution in [3.8, 4) is 0 Å². The van der Waals surface area contributed by atoms with Gasteiger partial charge in [-0.2, -0.15) is 0 Å². The number of esters is 4. The van der Waals surface area contributed by atoms with Gasteiger partial charge in [-0.25, -0.2) is 9.13 Å². The number of carbonyl (C=O) groups excluding carboxylic acids is 4. The summed E-state index contributed by atoms with van der Waals surface area (Å²) in [5, 5.41) is 10.7. The van der Waals surface area contributed by atoms with Gasteiger partial charge in [-0.15, -0.1) is 0 Å². The van der Waals surface area contributed by atoms with E-state index in [1.165, 1.54) is 57.8 Å². The van der Waals surface area contributed by atoms with Crippen molar-refractivity contribution in [2.75, 3.05) is 39.6 Å². The molecule has 0 aliphatic carbocycles. The van der Waals surface area contributed by atoms with Gasteiger partial charge in [0.1, 0.15) is 19.3 Å². The van der Waals surface area contributed by atoms with Crippen molar-refractivity contribution in [2.45, 2.75) is 354 Å². The Balaban J connectivity index is 5.41. The fourth-order valence-electron chi connectivity index (χ4n) is 10.8. The van der Waals surface area contributed by atoms with Crippen LogP contribution in [0.25, 0.3) is 0 Å². The summed E-state index contributed by atoms with van der Waals surface area (Å²) in [6.07, 6.45) is 88.5. The summed E-state index contributed by atoms with van der Waals surface area (Å²) in [6, 6.07) is 0. The number of unbranched alkanes of at least 4 members (excludes halogenated alkanes) is 29. The minimum atomic E-state index is -5.00. The van der Waals surface area contributed by atoms with Gasteiger partial charge < -0.3 is 33.8 Å². The summed E-state index contributed by atoms with van der Waals surface area (Å²) >= 11 is 0. The first kappa shape index (κ1) is 101. The highest BCUT2D eigenvalue weighted by atomic mass is 31.2. The Bertz CT molecular complexity index is 2530. The van der Waals surface area contributed by atoms with Crippen LogP contribution in [0.5, 0.6) is 0 Å². The van der Waals surface area contributed by atoms with Crippen molar-refractivity contribution in [3.63, 3.8) is 0 Å². The van der Waals surface area contributed by atoms with Crippen LogP contribution >= 0.6 is 15.6 Å². The Kier molecular flexibility index (Phi) is 74.8. The third-order valence-corrected chi connectivity index (χ3v) is 19.0. The number of carbonyl (C=O) groups is 4. The number of hydrogen-bond donors (Lipinski definition) is 3. The molecule has 19 heteroatoms. The van der Waals surface area contributed by atoms with Crippen LogP contribution in [0.1, 0.15) is 336 Å². The zero-order valence-corrected chi connectivity index (χ0v) is 68.4. The van der Waals surface area contributed by atoms with E-state index in [1.54, 1.807) is 0 Å². The predicted molar refractivity (Wildman–Crippen MR) is 436 cm³/mol. The van der Waals surface area contributed by atoms with E-state index in [-0.39, 0.29) is 25.7 Å². The van der Waals surface area contributed by atoms with Crippen molar-refractivity contribution in [3.05, 3.63) is 134 Å². The lowest BCUT2D eigenvalue weighted by Crippen LogP contribution is -2.30. The Morgan fingerprint density at radius 2 is 0.491 bits per heavy atom. The van der Waals surface area contributed by atoms with Crippen molar-refractivity contribution < 1.29 is 80.2 Å². The molecule has 0 saturated carbocycles. The number of hydrogen-bond acceptors (Lipinski definition) is 15. The molecule has 0 bridgehead atoms. The molecular weight excluding hydrogens is 1380 g/mol. The van der Waals surface area contributed by atoms with Gasteiger partial charge in [-0.05, 0) is 161 Å². The van der Waals surface area contributed by atoms with Gasteiger partial charge in [-0.1, -0.05) is 283 Å². The van der Waals surface area contributed by atoms with Gasteiger partial charge in [0.15, 0.2) is 12.2 Å². The van der Waals surface area contributed by atoms with Crippen LogP contribution in [0.15, 0.2) is 134 Å². The van der Waals surface area contributed by atoms with Gasteiger partial charge in [0, 0.05) is 25.7 Å². The predicted octanol–water partition coefficient (Wildman–Crippen LogP) is 24.4. The van der Waals surface area contributed by atoms with Crippen LogP contribution in [0.2, 0.25) is 0 Å². The van der Waals surface area contributed by atoms with E-state index in [2.05, 4.69) is 161 Å². The maximum absolute atomic E-state index is 13.1. The number of aliphatic hydroxyl groups excluding tert-OH is 1. The molecule has 0 aliphatic heterocycles. The number of phosphoric acid groups is 2. The largest absolute Gasteiger partial charge is 0.472 e. The van der Waals surface area contributed by atoms with Crippen molar-refractivity contribution in [1.82, 2.24) is 0 Å². The second kappa shape index (κ2) is 78.3. The van der Waals surface area contributed by atoms with Crippen molar-refractivity contribution >= 4 is 39.5 Å². The molecule has 0 aromatic heterocycles. The average Bonchev–Trinajstić information content (AvgIpc) is 0.902. The SMILES string of the molecule is CC/C=C\C/C=C\C/C=C\C/C=C\CCCCC(=O)OC(COC(=O)CCCCCCCC/C=C\C/C=C\C/C=C\CCCCC)COP(=O)(O)OCC(O)COP(=O)(O)OCC(COC(=O)CCCCCCCCC/C=C\C/C=C\C/C=C\CC)OC(=O)CCCCCCC/C=C\CCCCCCCC. The summed E-state index contributed by atoms with van der Waals surface area (Å²) < 4.78 is 68.7. The highest BCUT2D eigenvalue weighted by Crippen LogP contribution is 2.45. The summed E-state index contributed by atoms with van der Waals surface area (Å²) in [4.78, 5) is 73.1. The third-order valence-electron chi connectivity index (χ3n) is 17.1. The normalized spacial score (nSPS) is 14.5. The Morgan fingerprint density at radius 3 is 0.802 bits per heavy atom. The zero-order chi connectivity index (χ0) is 77.4. The first-order valence-electron chi connectivity index (χ1n) is 41.4. The molecule has 0 fully saturated rings. The maximum atomic E-state index is 13.1. The number of allylic oxidation sites excluding steroid dienone is 22.